The highest BCUT2D eigenvalue weighted by molar-refractivity contribution is 5.94. The molecule has 1 aromatic carbocycles. The third-order valence-electron chi connectivity index (χ3n) is 1.59. The van der Waals surface area contributed by atoms with E-state index in [0.717, 1.165) is 5.69 Å². The lowest BCUT2D eigenvalue weighted by molar-refractivity contribution is 0.0963. The summed E-state index contributed by atoms with van der Waals surface area (Å²) in [7, 11) is 3.14. The van der Waals surface area contributed by atoms with E-state index in [-0.39, 0.29) is 5.91 Å². The molecule has 4 heteroatoms. The average Bonchev–Trinajstić information content (AvgIpc) is 2.18. The van der Waals surface area contributed by atoms with Crippen LogP contribution in [0.5, 0.6) is 0 Å². The van der Waals surface area contributed by atoms with E-state index >= 15 is 0 Å². The summed E-state index contributed by atoms with van der Waals surface area (Å²) in [5.74, 6) is -0.0935. The van der Waals surface area contributed by atoms with Crippen molar-refractivity contribution < 1.29 is 9.63 Å². The molecule has 0 bridgehead atoms. The van der Waals surface area contributed by atoms with Gasteiger partial charge in [0.1, 0.15) is 0 Å². The molecule has 0 unspecified atom stereocenters. The van der Waals surface area contributed by atoms with Gasteiger partial charge in [0.15, 0.2) is 0 Å². The van der Waals surface area contributed by atoms with Crippen LogP contribution in [-0.2, 0) is 4.84 Å². The molecule has 0 fully saturated rings. The molecule has 1 rings (SSSR count). The van der Waals surface area contributed by atoms with E-state index in [0.29, 0.717) is 5.56 Å². The maximum atomic E-state index is 11.1. The van der Waals surface area contributed by atoms with Crippen molar-refractivity contribution >= 4 is 11.6 Å². The number of amides is 1. The summed E-state index contributed by atoms with van der Waals surface area (Å²) in [5.41, 5.74) is 4.10. The summed E-state index contributed by atoms with van der Waals surface area (Å²) in [6.07, 6.45) is 0. The van der Waals surface area contributed by atoms with Crippen molar-refractivity contribution in [2.24, 2.45) is 0 Å². The van der Waals surface area contributed by atoms with Gasteiger partial charge in [-0.25, -0.2) is 0 Å². The highest BCUT2D eigenvalue weighted by Gasteiger charge is 2.01. The third-order valence-corrected chi connectivity index (χ3v) is 1.59. The van der Waals surface area contributed by atoms with Crippen molar-refractivity contribution in [2.45, 2.75) is 0 Å². The molecule has 2 N–H and O–H groups in total. The predicted octanol–water partition coefficient (Wildman–Crippen LogP) is 1.02. The van der Waals surface area contributed by atoms with Gasteiger partial charge in [-0.2, -0.15) is 0 Å². The van der Waals surface area contributed by atoms with Gasteiger partial charge < -0.3 is 5.32 Å². The lowest BCUT2D eigenvalue weighted by atomic mass is 10.2. The Labute approximate surface area is 76.9 Å². The molecule has 0 aliphatic rings. The fourth-order valence-electron chi connectivity index (χ4n) is 0.952. The minimum absolute atomic E-state index is 0.0935. The maximum absolute atomic E-state index is 11.1. The summed E-state index contributed by atoms with van der Waals surface area (Å²) in [5, 5.41) is 2.54. The van der Waals surface area contributed by atoms with Crippen LogP contribution in [0.2, 0.25) is 0 Å². The van der Waals surface area contributed by atoms with Crippen molar-refractivity contribution in [3.05, 3.63) is 29.8 Å². The zero-order valence-electron chi connectivity index (χ0n) is 7.63. The third kappa shape index (κ3) is 2.45. The first-order valence-electron chi connectivity index (χ1n) is 3.89. The van der Waals surface area contributed by atoms with Gasteiger partial charge in [-0.05, 0) is 24.3 Å². The summed E-state index contributed by atoms with van der Waals surface area (Å²) in [4.78, 5) is 15.8. The lowest BCUT2D eigenvalue weighted by Crippen LogP contribution is -2.17. The number of rotatable bonds is 3. The number of benzene rings is 1. The van der Waals surface area contributed by atoms with E-state index in [2.05, 4.69) is 10.8 Å². The van der Waals surface area contributed by atoms with Crippen molar-refractivity contribution in [1.82, 2.24) is 5.32 Å². The van der Waals surface area contributed by atoms with Crippen LogP contribution >= 0.6 is 0 Å². The normalized spacial score (nSPS) is 9.38. The van der Waals surface area contributed by atoms with E-state index in [1.54, 1.807) is 31.3 Å². The van der Waals surface area contributed by atoms with Crippen LogP contribution in [0.4, 0.5) is 5.69 Å². The molecule has 70 valence electrons. The Morgan fingerprint density at radius 1 is 1.31 bits per heavy atom. The van der Waals surface area contributed by atoms with Crippen LogP contribution in [0.15, 0.2) is 24.3 Å². The minimum atomic E-state index is -0.0935. The number of anilines is 1. The second kappa shape index (κ2) is 4.47. The van der Waals surface area contributed by atoms with Crippen LogP contribution < -0.4 is 10.8 Å². The van der Waals surface area contributed by atoms with Gasteiger partial charge in [0.25, 0.3) is 5.91 Å². The molecule has 0 aliphatic heterocycles. The molecule has 0 spiro atoms. The summed E-state index contributed by atoms with van der Waals surface area (Å²) in [6.45, 7) is 0. The number of carbonyl (C=O) groups is 1. The Hall–Kier alpha value is -1.55. The van der Waals surface area contributed by atoms with Crippen LogP contribution in [-0.4, -0.2) is 20.1 Å². The first kappa shape index (κ1) is 9.54. The Balaban J connectivity index is 2.75. The van der Waals surface area contributed by atoms with Gasteiger partial charge in [-0.3, -0.25) is 15.1 Å². The molecule has 13 heavy (non-hydrogen) atoms. The molecular formula is C9H12N2O2. The second-order valence-corrected chi connectivity index (χ2v) is 2.46. The van der Waals surface area contributed by atoms with E-state index in [1.807, 2.05) is 0 Å². The lowest BCUT2D eigenvalue weighted by Gasteiger charge is -2.03. The van der Waals surface area contributed by atoms with Crippen LogP contribution in [0.25, 0.3) is 0 Å². The zero-order valence-corrected chi connectivity index (χ0v) is 7.63. The largest absolute Gasteiger partial charge is 0.355 e. The Bertz CT molecular complexity index is 282. The van der Waals surface area contributed by atoms with Crippen LogP contribution in [0.3, 0.4) is 0 Å². The molecule has 0 heterocycles. The highest BCUT2D eigenvalue weighted by Crippen LogP contribution is 2.08. The smallest absolute Gasteiger partial charge is 0.251 e. The van der Waals surface area contributed by atoms with Gasteiger partial charge in [-0.15, -0.1) is 0 Å². The number of nitrogens with one attached hydrogen (secondary N) is 2. The van der Waals surface area contributed by atoms with Crippen molar-refractivity contribution in [1.29, 1.82) is 0 Å². The predicted molar refractivity (Wildman–Crippen MR) is 50.5 cm³/mol. The van der Waals surface area contributed by atoms with Gasteiger partial charge in [0.2, 0.25) is 0 Å². The molecule has 1 aromatic rings. The molecule has 0 saturated heterocycles. The standard InChI is InChI=1S/C9H12N2O2/c1-10-9(12)7-3-5-8(6-4-7)11-13-2/h3-6,11H,1-2H3,(H,10,12). The Kier molecular flexibility index (Phi) is 3.28. The second-order valence-electron chi connectivity index (χ2n) is 2.46. The number of hydrogen-bond donors (Lipinski definition) is 2. The van der Waals surface area contributed by atoms with Crippen LogP contribution in [0.1, 0.15) is 10.4 Å². The molecule has 0 saturated carbocycles. The quantitative estimate of drug-likeness (QED) is 0.683. The van der Waals surface area contributed by atoms with Crippen molar-refractivity contribution in [3.63, 3.8) is 0 Å². The van der Waals surface area contributed by atoms with Gasteiger partial charge >= 0.3 is 0 Å². The van der Waals surface area contributed by atoms with Gasteiger partial charge in [-0.1, -0.05) is 0 Å². The summed E-state index contributed by atoms with van der Waals surface area (Å²) >= 11 is 0. The molecule has 4 nitrogen and oxygen atoms in total. The number of carbonyl (C=O) groups excluding carboxylic acids is 1. The molecule has 0 aliphatic carbocycles. The van der Waals surface area contributed by atoms with Crippen molar-refractivity contribution in [3.8, 4) is 0 Å². The van der Waals surface area contributed by atoms with E-state index in [4.69, 9.17) is 4.84 Å². The Morgan fingerprint density at radius 2 is 1.92 bits per heavy atom. The fraction of sp³-hybridized carbons (Fsp3) is 0.222. The van der Waals surface area contributed by atoms with Crippen LogP contribution in [0, 0.1) is 0 Å². The first-order chi connectivity index (χ1) is 6.27. The topological polar surface area (TPSA) is 50.4 Å². The van der Waals surface area contributed by atoms with E-state index in [1.165, 1.54) is 7.11 Å². The monoisotopic (exact) mass is 180 g/mol. The molecule has 0 aromatic heterocycles. The molecule has 0 atom stereocenters. The maximum Gasteiger partial charge on any atom is 0.251 e. The highest BCUT2D eigenvalue weighted by atomic mass is 16.6. The zero-order chi connectivity index (χ0) is 9.68. The average molecular weight is 180 g/mol. The SMILES string of the molecule is CNC(=O)c1ccc(NOC)cc1. The molecular weight excluding hydrogens is 168 g/mol. The summed E-state index contributed by atoms with van der Waals surface area (Å²) in [6, 6.07) is 6.99. The molecule has 1 amide bonds. The van der Waals surface area contributed by atoms with E-state index in [9.17, 15) is 4.79 Å². The number of hydrogen-bond acceptors (Lipinski definition) is 3. The first-order valence-corrected chi connectivity index (χ1v) is 3.89. The van der Waals surface area contributed by atoms with E-state index < -0.39 is 0 Å². The minimum Gasteiger partial charge on any atom is -0.355 e. The Morgan fingerprint density at radius 3 is 2.38 bits per heavy atom. The van der Waals surface area contributed by atoms with Crippen molar-refractivity contribution in [2.75, 3.05) is 19.6 Å². The molecule has 0 radical (unpaired) electrons. The van der Waals surface area contributed by atoms with Gasteiger partial charge in [0.05, 0.1) is 12.8 Å². The van der Waals surface area contributed by atoms with Gasteiger partial charge in [0, 0.05) is 12.6 Å². The summed E-state index contributed by atoms with van der Waals surface area (Å²) < 4.78 is 0. The fourth-order valence-corrected chi connectivity index (χ4v) is 0.952.